The summed E-state index contributed by atoms with van der Waals surface area (Å²) in [7, 11) is 0. The number of aromatic nitrogens is 2. The summed E-state index contributed by atoms with van der Waals surface area (Å²) in [4.78, 5) is 16.9. The maximum absolute atomic E-state index is 13.9. The zero-order chi connectivity index (χ0) is 22.2. The molecule has 2 aromatic carbocycles. The van der Waals surface area contributed by atoms with Gasteiger partial charge in [0.15, 0.2) is 5.69 Å². The van der Waals surface area contributed by atoms with E-state index in [1.807, 2.05) is 30.3 Å². The number of amides is 1. The Balaban J connectivity index is 1.66. The van der Waals surface area contributed by atoms with Crippen LogP contribution in [0.4, 0.5) is 19.1 Å². The molecular formula is C22H20ClF3N4O. The van der Waals surface area contributed by atoms with Crippen LogP contribution >= 0.6 is 11.6 Å². The average molecular weight is 449 g/mol. The molecular weight excluding hydrogens is 429 g/mol. The highest BCUT2D eigenvalue weighted by Crippen LogP contribution is 2.46. The van der Waals surface area contributed by atoms with Gasteiger partial charge in [0.2, 0.25) is 5.95 Å². The zero-order valence-electron chi connectivity index (χ0n) is 16.5. The van der Waals surface area contributed by atoms with E-state index in [9.17, 15) is 18.0 Å². The van der Waals surface area contributed by atoms with Gasteiger partial charge in [-0.15, -0.1) is 0 Å². The first-order valence-electron chi connectivity index (χ1n) is 9.77. The van der Waals surface area contributed by atoms with Gasteiger partial charge in [-0.05, 0) is 18.1 Å². The van der Waals surface area contributed by atoms with Crippen molar-refractivity contribution in [3.8, 4) is 0 Å². The van der Waals surface area contributed by atoms with Crippen molar-refractivity contribution in [2.24, 2.45) is 0 Å². The summed E-state index contributed by atoms with van der Waals surface area (Å²) in [6, 6.07) is 15.1. The van der Waals surface area contributed by atoms with E-state index in [2.05, 4.69) is 15.6 Å². The van der Waals surface area contributed by atoms with Crippen LogP contribution in [-0.2, 0) is 0 Å². The predicted octanol–water partition coefficient (Wildman–Crippen LogP) is 5.69. The number of benzene rings is 2. The van der Waals surface area contributed by atoms with Crippen molar-refractivity contribution in [2.75, 3.05) is 5.32 Å². The second kappa shape index (κ2) is 8.26. The van der Waals surface area contributed by atoms with Gasteiger partial charge >= 0.3 is 6.18 Å². The number of rotatable bonds is 4. The standard InChI is InChI=1S/C22H20ClF3N4O/c1-13(14-8-4-2-5-9-14)27-20(31)18-19(23)30-17(22(24,25)26)12-16(28-21(30)29-18)15-10-6-3-7-11-15/h2-11,13,16-17H,12H2,1H3,(H,27,31)(H,28,29)/t13-,16+,17+/m0/s1. The maximum Gasteiger partial charge on any atom is 0.409 e. The maximum atomic E-state index is 13.9. The topological polar surface area (TPSA) is 59.0 Å². The minimum Gasteiger partial charge on any atom is -0.349 e. The van der Waals surface area contributed by atoms with E-state index in [0.29, 0.717) is 5.56 Å². The molecule has 162 valence electrons. The Morgan fingerprint density at radius 1 is 1.16 bits per heavy atom. The van der Waals surface area contributed by atoms with Crippen LogP contribution < -0.4 is 10.6 Å². The second-order valence-corrected chi connectivity index (χ2v) is 7.81. The SMILES string of the molecule is C[C@H](NC(=O)c1nc2n(c1Cl)[C@@H](C(F)(F)F)C[C@H](c1ccccc1)N2)c1ccccc1. The van der Waals surface area contributed by atoms with Crippen molar-refractivity contribution in [2.45, 2.75) is 37.6 Å². The van der Waals surface area contributed by atoms with Crippen molar-refractivity contribution in [3.63, 3.8) is 0 Å². The van der Waals surface area contributed by atoms with Gasteiger partial charge in [0, 0.05) is 6.42 Å². The Morgan fingerprint density at radius 3 is 2.39 bits per heavy atom. The summed E-state index contributed by atoms with van der Waals surface area (Å²) in [6.07, 6.45) is -4.82. The van der Waals surface area contributed by atoms with Crippen LogP contribution in [-0.4, -0.2) is 21.6 Å². The smallest absolute Gasteiger partial charge is 0.349 e. The van der Waals surface area contributed by atoms with Crippen LogP contribution in [0, 0.1) is 0 Å². The minimum atomic E-state index is -4.56. The summed E-state index contributed by atoms with van der Waals surface area (Å²) in [5.74, 6) is -0.716. The molecule has 0 saturated carbocycles. The lowest BCUT2D eigenvalue weighted by atomic mass is 9.97. The molecule has 2 N–H and O–H groups in total. The van der Waals surface area contributed by atoms with Crippen molar-refractivity contribution in [3.05, 3.63) is 82.6 Å². The fraction of sp³-hybridized carbons (Fsp3) is 0.273. The van der Waals surface area contributed by atoms with Crippen LogP contribution in [0.3, 0.4) is 0 Å². The number of hydrogen-bond donors (Lipinski definition) is 2. The number of nitrogens with one attached hydrogen (secondary N) is 2. The predicted molar refractivity (Wildman–Crippen MR) is 112 cm³/mol. The Hall–Kier alpha value is -3.00. The summed E-state index contributed by atoms with van der Waals surface area (Å²) in [6.45, 7) is 1.78. The van der Waals surface area contributed by atoms with Crippen LogP contribution in [0.1, 0.15) is 53.1 Å². The van der Waals surface area contributed by atoms with Gasteiger partial charge < -0.3 is 10.6 Å². The number of carbonyl (C=O) groups excluding carboxylic acids is 1. The van der Waals surface area contributed by atoms with E-state index in [4.69, 9.17) is 11.6 Å². The van der Waals surface area contributed by atoms with E-state index >= 15 is 0 Å². The largest absolute Gasteiger partial charge is 0.409 e. The van der Waals surface area contributed by atoms with Gasteiger partial charge in [-0.3, -0.25) is 9.36 Å². The molecule has 31 heavy (non-hydrogen) atoms. The molecule has 2 heterocycles. The lowest BCUT2D eigenvalue weighted by Gasteiger charge is -2.34. The molecule has 1 amide bonds. The van der Waals surface area contributed by atoms with Crippen LogP contribution in [0.5, 0.6) is 0 Å². The average Bonchev–Trinajstić information content (AvgIpc) is 3.10. The van der Waals surface area contributed by atoms with E-state index in [-0.39, 0.29) is 29.3 Å². The van der Waals surface area contributed by atoms with Gasteiger partial charge in [-0.25, -0.2) is 4.98 Å². The van der Waals surface area contributed by atoms with Gasteiger partial charge in [-0.2, -0.15) is 13.2 Å². The van der Waals surface area contributed by atoms with E-state index in [1.165, 1.54) is 0 Å². The summed E-state index contributed by atoms with van der Waals surface area (Å²) in [5.41, 5.74) is 1.31. The highest BCUT2D eigenvalue weighted by Gasteiger charge is 2.47. The summed E-state index contributed by atoms with van der Waals surface area (Å²) < 4.78 is 42.6. The number of alkyl halides is 3. The van der Waals surface area contributed by atoms with Crippen LogP contribution in [0.25, 0.3) is 0 Å². The van der Waals surface area contributed by atoms with E-state index < -0.39 is 24.2 Å². The lowest BCUT2D eigenvalue weighted by Crippen LogP contribution is -2.35. The lowest BCUT2D eigenvalue weighted by molar-refractivity contribution is -0.171. The van der Waals surface area contributed by atoms with Crippen LogP contribution in [0.15, 0.2) is 60.7 Å². The van der Waals surface area contributed by atoms with Crippen molar-refractivity contribution < 1.29 is 18.0 Å². The van der Waals surface area contributed by atoms with Gasteiger partial charge in [0.25, 0.3) is 5.91 Å². The second-order valence-electron chi connectivity index (χ2n) is 7.45. The Bertz CT molecular complexity index is 1070. The molecule has 3 atom stereocenters. The molecule has 0 fully saturated rings. The van der Waals surface area contributed by atoms with Crippen molar-refractivity contribution >= 4 is 23.5 Å². The summed E-state index contributed by atoms with van der Waals surface area (Å²) >= 11 is 6.26. The fourth-order valence-corrected chi connectivity index (χ4v) is 4.09. The highest BCUT2D eigenvalue weighted by molar-refractivity contribution is 6.33. The number of hydrogen-bond acceptors (Lipinski definition) is 3. The monoisotopic (exact) mass is 448 g/mol. The molecule has 0 bridgehead atoms. The molecule has 9 heteroatoms. The van der Waals surface area contributed by atoms with Crippen molar-refractivity contribution in [1.82, 2.24) is 14.9 Å². The third-order valence-corrected chi connectivity index (χ3v) is 5.73. The Kier molecular flexibility index (Phi) is 5.66. The number of carbonyl (C=O) groups is 1. The Labute approximate surface area is 182 Å². The number of nitrogens with zero attached hydrogens (tertiary/aromatic N) is 2. The normalized spacial score (nSPS) is 19.3. The molecule has 0 spiro atoms. The van der Waals surface area contributed by atoms with Crippen LogP contribution in [0.2, 0.25) is 5.15 Å². The number of halogens is 4. The molecule has 0 unspecified atom stereocenters. The quantitative estimate of drug-likeness (QED) is 0.539. The minimum absolute atomic E-state index is 0.0788. The third-order valence-electron chi connectivity index (χ3n) is 5.37. The van der Waals surface area contributed by atoms with E-state index in [1.54, 1.807) is 37.3 Å². The van der Waals surface area contributed by atoms with E-state index in [0.717, 1.165) is 10.1 Å². The van der Waals surface area contributed by atoms with Gasteiger partial charge in [-0.1, -0.05) is 72.3 Å². The number of imidazole rings is 1. The highest BCUT2D eigenvalue weighted by atomic mass is 35.5. The molecule has 4 rings (SSSR count). The molecule has 0 saturated heterocycles. The molecule has 3 aromatic rings. The first-order chi connectivity index (χ1) is 14.8. The Morgan fingerprint density at radius 2 is 1.77 bits per heavy atom. The molecule has 1 aliphatic heterocycles. The first-order valence-corrected chi connectivity index (χ1v) is 10.1. The first kappa shape index (κ1) is 21.2. The number of fused-ring (bicyclic) bond motifs is 1. The summed E-state index contributed by atoms with van der Waals surface area (Å²) in [5, 5.41) is 5.42. The fourth-order valence-electron chi connectivity index (χ4n) is 3.76. The zero-order valence-corrected chi connectivity index (χ0v) is 17.3. The molecule has 1 aliphatic rings. The van der Waals surface area contributed by atoms with Crippen molar-refractivity contribution in [1.29, 1.82) is 0 Å². The molecule has 1 aromatic heterocycles. The number of anilines is 1. The molecule has 5 nitrogen and oxygen atoms in total. The molecule has 0 aliphatic carbocycles. The third kappa shape index (κ3) is 4.25. The van der Waals surface area contributed by atoms with Gasteiger partial charge in [0.1, 0.15) is 11.2 Å². The molecule has 0 radical (unpaired) electrons. The van der Waals surface area contributed by atoms with Gasteiger partial charge in [0.05, 0.1) is 12.1 Å².